The lowest BCUT2D eigenvalue weighted by atomic mass is 10.0. The number of aryl methyl sites for hydroxylation is 1. The summed E-state index contributed by atoms with van der Waals surface area (Å²) in [5.74, 6) is -1.07. The van der Waals surface area contributed by atoms with Gasteiger partial charge in [0.25, 0.3) is 0 Å². The molecule has 1 aromatic carbocycles. The first-order chi connectivity index (χ1) is 9.95. The molecule has 1 aromatic heterocycles. The van der Waals surface area contributed by atoms with Gasteiger partial charge >= 0.3 is 0 Å². The van der Waals surface area contributed by atoms with E-state index in [1.54, 1.807) is 11.6 Å². The number of carbonyl (C=O) groups is 1. The summed E-state index contributed by atoms with van der Waals surface area (Å²) in [7, 11) is 1.71. The van der Waals surface area contributed by atoms with Crippen LogP contribution in [-0.4, -0.2) is 38.7 Å². The van der Waals surface area contributed by atoms with Crippen molar-refractivity contribution in [2.24, 2.45) is 7.05 Å². The maximum atomic E-state index is 14.3. The number of carbonyl (C=O) groups excluding carboxylic acids is 1. The molecule has 0 atom stereocenters. The average molecular weight is 313 g/mol. The number of benzene rings is 1. The SMILES string of the molecule is Cn1c2c(c3c(O)cc(Cl)c(F)c31)CN(C(=O)CO)CC2. The molecule has 21 heavy (non-hydrogen) atoms. The van der Waals surface area contributed by atoms with Crippen LogP contribution in [0.3, 0.4) is 0 Å². The van der Waals surface area contributed by atoms with Crippen molar-refractivity contribution < 1.29 is 19.4 Å². The molecule has 1 aliphatic rings. The number of aromatic hydroxyl groups is 1. The van der Waals surface area contributed by atoms with E-state index in [-0.39, 0.29) is 28.7 Å². The summed E-state index contributed by atoms with van der Waals surface area (Å²) in [6.07, 6.45) is 0.531. The second kappa shape index (κ2) is 4.89. The Morgan fingerprint density at radius 2 is 2.24 bits per heavy atom. The fourth-order valence-corrected chi connectivity index (χ4v) is 3.20. The highest BCUT2D eigenvalue weighted by molar-refractivity contribution is 6.31. The molecule has 7 heteroatoms. The van der Waals surface area contributed by atoms with Crippen LogP contribution in [0.2, 0.25) is 5.02 Å². The van der Waals surface area contributed by atoms with Crippen molar-refractivity contribution in [1.82, 2.24) is 9.47 Å². The average Bonchev–Trinajstić information content (AvgIpc) is 2.77. The van der Waals surface area contributed by atoms with Crippen molar-refractivity contribution in [1.29, 1.82) is 0 Å². The van der Waals surface area contributed by atoms with Gasteiger partial charge in [0.05, 0.1) is 10.5 Å². The molecular weight excluding hydrogens is 299 g/mol. The Morgan fingerprint density at radius 3 is 2.90 bits per heavy atom. The Bertz CT molecular complexity index is 757. The zero-order chi connectivity index (χ0) is 15.3. The number of phenolic OH excluding ortho intramolecular Hbond substituents is 1. The molecule has 1 aliphatic heterocycles. The highest BCUT2D eigenvalue weighted by Crippen LogP contribution is 2.39. The van der Waals surface area contributed by atoms with E-state index in [0.29, 0.717) is 23.9 Å². The Morgan fingerprint density at radius 1 is 1.52 bits per heavy atom. The second-order valence-corrected chi connectivity index (χ2v) is 5.53. The molecule has 0 unspecified atom stereocenters. The number of amides is 1. The zero-order valence-electron chi connectivity index (χ0n) is 11.4. The highest BCUT2D eigenvalue weighted by Gasteiger charge is 2.28. The molecule has 2 heterocycles. The van der Waals surface area contributed by atoms with Crippen molar-refractivity contribution in [2.75, 3.05) is 13.2 Å². The summed E-state index contributed by atoms with van der Waals surface area (Å²) < 4.78 is 15.9. The third-order valence-electron chi connectivity index (χ3n) is 4.02. The van der Waals surface area contributed by atoms with Gasteiger partial charge in [0.2, 0.25) is 5.91 Å². The first-order valence-electron chi connectivity index (χ1n) is 6.51. The van der Waals surface area contributed by atoms with E-state index in [2.05, 4.69) is 0 Å². The van der Waals surface area contributed by atoms with Gasteiger partial charge in [-0.3, -0.25) is 4.79 Å². The number of hydrogen-bond acceptors (Lipinski definition) is 3. The summed E-state index contributed by atoms with van der Waals surface area (Å²) in [4.78, 5) is 13.1. The van der Waals surface area contributed by atoms with Crippen molar-refractivity contribution in [2.45, 2.75) is 13.0 Å². The summed E-state index contributed by atoms with van der Waals surface area (Å²) in [6.45, 7) is 0.125. The largest absolute Gasteiger partial charge is 0.507 e. The van der Waals surface area contributed by atoms with E-state index >= 15 is 0 Å². The molecule has 0 spiro atoms. The second-order valence-electron chi connectivity index (χ2n) is 5.12. The first kappa shape index (κ1) is 14.2. The molecule has 5 nitrogen and oxygen atoms in total. The standard InChI is InChI=1S/C14H14ClFN2O3/c1-17-9-2-3-18(11(21)6-19)5-7(9)12-10(20)4-8(15)13(16)14(12)17/h4,19-20H,2-3,5-6H2,1H3. The van der Waals surface area contributed by atoms with Gasteiger partial charge < -0.3 is 19.7 Å². The lowest BCUT2D eigenvalue weighted by Gasteiger charge is -2.27. The lowest BCUT2D eigenvalue weighted by Crippen LogP contribution is -2.37. The van der Waals surface area contributed by atoms with Crippen LogP contribution in [-0.2, 0) is 24.8 Å². The third kappa shape index (κ3) is 1.98. The lowest BCUT2D eigenvalue weighted by molar-refractivity contribution is -0.135. The van der Waals surface area contributed by atoms with Crippen LogP contribution in [0.5, 0.6) is 5.75 Å². The Balaban J connectivity index is 2.24. The maximum absolute atomic E-state index is 14.3. The first-order valence-corrected chi connectivity index (χ1v) is 6.89. The number of hydrogen-bond donors (Lipinski definition) is 2. The highest BCUT2D eigenvalue weighted by atomic mass is 35.5. The van der Waals surface area contributed by atoms with Crippen LogP contribution in [0.4, 0.5) is 4.39 Å². The maximum Gasteiger partial charge on any atom is 0.248 e. The third-order valence-corrected chi connectivity index (χ3v) is 4.29. The number of aliphatic hydroxyl groups excluding tert-OH is 1. The van der Waals surface area contributed by atoms with Gasteiger partial charge in [-0.15, -0.1) is 0 Å². The number of halogens is 2. The molecule has 112 valence electrons. The molecule has 3 rings (SSSR count). The minimum absolute atomic E-state index is 0.105. The topological polar surface area (TPSA) is 65.7 Å². The minimum atomic E-state index is -0.582. The van der Waals surface area contributed by atoms with Gasteiger partial charge in [-0.1, -0.05) is 11.6 Å². The summed E-state index contributed by atoms with van der Waals surface area (Å²) >= 11 is 5.78. The Labute approximate surface area is 125 Å². The van der Waals surface area contributed by atoms with Gasteiger partial charge in [0.1, 0.15) is 12.4 Å². The van der Waals surface area contributed by atoms with Crippen LogP contribution in [0.25, 0.3) is 10.9 Å². The van der Waals surface area contributed by atoms with Crippen molar-refractivity contribution in [3.8, 4) is 5.75 Å². The minimum Gasteiger partial charge on any atom is -0.507 e. The smallest absolute Gasteiger partial charge is 0.248 e. The van der Waals surface area contributed by atoms with Crippen LogP contribution in [0.15, 0.2) is 6.07 Å². The fraction of sp³-hybridized carbons (Fsp3) is 0.357. The normalized spacial score (nSPS) is 14.6. The van der Waals surface area contributed by atoms with Crippen LogP contribution < -0.4 is 0 Å². The van der Waals surface area contributed by atoms with Gasteiger partial charge in [0, 0.05) is 49.3 Å². The molecule has 0 saturated carbocycles. The monoisotopic (exact) mass is 312 g/mol. The quantitative estimate of drug-likeness (QED) is 0.840. The predicted octanol–water partition coefficient (Wildman–Crippen LogP) is 1.55. The van der Waals surface area contributed by atoms with E-state index in [1.807, 2.05) is 0 Å². The zero-order valence-corrected chi connectivity index (χ0v) is 12.1. The number of rotatable bonds is 1. The molecule has 0 saturated heterocycles. The molecule has 1 amide bonds. The number of aliphatic hydroxyl groups is 1. The number of fused-ring (bicyclic) bond motifs is 3. The Kier molecular flexibility index (Phi) is 3.30. The number of nitrogens with zero attached hydrogens (tertiary/aromatic N) is 2. The van der Waals surface area contributed by atoms with Crippen LogP contribution >= 0.6 is 11.6 Å². The number of aromatic nitrogens is 1. The molecule has 2 aromatic rings. The summed E-state index contributed by atoms with van der Waals surface area (Å²) in [5.41, 5.74) is 1.81. The van der Waals surface area contributed by atoms with Gasteiger partial charge in [-0.05, 0) is 0 Å². The molecular formula is C14H14ClFN2O3. The number of phenols is 1. The van der Waals surface area contributed by atoms with E-state index < -0.39 is 12.4 Å². The molecule has 2 N–H and O–H groups in total. The van der Waals surface area contributed by atoms with Gasteiger partial charge in [0.15, 0.2) is 5.82 Å². The van der Waals surface area contributed by atoms with Crippen LogP contribution in [0, 0.1) is 5.82 Å². The summed E-state index contributed by atoms with van der Waals surface area (Å²) in [5, 5.41) is 19.3. The molecule has 0 fully saturated rings. The van der Waals surface area contributed by atoms with Crippen molar-refractivity contribution in [3.05, 3.63) is 28.2 Å². The predicted molar refractivity (Wildman–Crippen MR) is 75.8 cm³/mol. The molecule has 0 aliphatic carbocycles. The van der Waals surface area contributed by atoms with Crippen molar-refractivity contribution in [3.63, 3.8) is 0 Å². The van der Waals surface area contributed by atoms with E-state index in [0.717, 1.165) is 5.69 Å². The van der Waals surface area contributed by atoms with E-state index in [9.17, 15) is 14.3 Å². The molecule has 0 radical (unpaired) electrons. The Hall–Kier alpha value is -1.79. The van der Waals surface area contributed by atoms with E-state index in [1.165, 1.54) is 11.0 Å². The van der Waals surface area contributed by atoms with Gasteiger partial charge in [-0.2, -0.15) is 0 Å². The van der Waals surface area contributed by atoms with Crippen molar-refractivity contribution >= 4 is 28.4 Å². The van der Waals surface area contributed by atoms with Gasteiger partial charge in [-0.25, -0.2) is 4.39 Å². The molecule has 0 bridgehead atoms. The summed E-state index contributed by atoms with van der Waals surface area (Å²) in [6, 6.07) is 1.17. The van der Waals surface area contributed by atoms with E-state index in [4.69, 9.17) is 16.7 Å². The van der Waals surface area contributed by atoms with Crippen LogP contribution in [0.1, 0.15) is 11.3 Å². The fourth-order valence-electron chi connectivity index (χ4n) is 3.01.